The van der Waals surface area contributed by atoms with Crippen LogP contribution in [0.3, 0.4) is 0 Å². The van der Waals surface area contributed by atoms with Crippen molar-refractivity contribution in [3.63, 3.8) is 0 Å². The standard InChI is InChI=1S/C34H48N14O4/c35-29(36)23-12-10-22(11-13-23)18-44-30(50)25(8-4-14-42-33(37)38)47-32(52)27(17-24-19-41-20-45-24)48-31(51)26(9-5-15-43-34(39)40)46-28(49)16-21-6-2-1-3-7-21/h1-3,6-7,10-13,19-20,25-27H,4-5,8-9,14-18H2,(H3,35,36)(H,41,45)(H,44,50)(H,46,49)(H,47,52)(H,48,51)(H4,37,38,42)(H4,39,40,43)/t25-,26-,27?/m0/s1. The molecular formula is C34H48N14O4. The third-order valence-corrected chi connectivity index (χ3v) is 7.81. The Morgan fingerprint density at radius 3 is 1.83 bits per heavy atom. The van der Waals surface area contributed by atoms with E-state index in [1.54, 1.807) is 48.5 Å². The zero-order valence-corrected chi connectivity index (χ0v) is 28.8. The van der Waals surface area contributed by atoms with Gasteiger partial charge in [-0.1, -0.05) is 54.6 Å². The molecule has 18 heteroatoms. The Hall–Kier alpha value is -6.46. The molecule has 1 unspecified atom stereocenters. The van der Waals surface area contributed by atoms with E-state index >= 15 is 0 Å². The van der Waals surface area contributed by atoms with Crippen LogP contribution in [0.25, 0.3) is 0 Å². The van der Waals surface area contributed by atoms with E-state index in [1.165, 1.54) is 12.5 Å². The van der Waals surface area contributed by atoms with E-state index in [-0.39, 0.29) is 63.1 Å². The van der Waals surface area contributed by atoms with E-state index in [2.05, 4.69) is 41.9 Å². The number of nitrogen functional groups attached to an aromatic ring is 1. The van der Waals surface area contributed by atoms with Crippen LogP contribution in [0.5, 0.6) is 0 Å². The van der Waals surface area contributed by atoms with Crippen LogP contribution in [0.4, 0.5) is 0 Å². The molecule has 2 aromatic carbocycles. The maximum absolute atomic E-state index is 13.9. The molecule has 3 atom stereocenters. The lowest BCUT2D eigenvalue weighted by molar-refractivity contribution is -0.133. The van der Waals surface area contributed by atoms with Crippen molar-refractivity contribution in [2.75, 3.05) is 13.1 Å². The molecule has 278 valence electrons. The zero-order valence-electron chi connectivity index (χ0n) is 28.8. The van der Waals surface area contributed by atoms with Gasteiger partial charge in [0.15, 0.2) is 11.9 Å². The number of carbonyl (C=O) groups is 4. The minimum Gasteiger partial charge on any atom is -0.384 e. The number of guanidine groups is 2. The Kier molecular flexibility index (Phi) is 16.1. The van der Waals surface area contributed by atoms with Crippen molar-refractivity contribution in [3.05, 3.63) is 89.5 Å². The number of nitrogens with zero attached hydrogens (tertiary/aromatic N) is 1. The van der Waals surface area contributed by atoms with Gasteiger partial charge in [-0.05, 0) is 36.8 Å². The van der Waals surface area contributed by atoms with Crippen molar-refractivity contribution in [1.29, 1.82) is 16.2 Å². The number of amidine groups is 1. The number of aromatic amines is 1. The fourth-order valence-electron chi connectivity index (χ4n) is 5.11. The average Bonchev–Trinajstić information content (AvgIpc) is 3.63. The van der Waals surface area contributed by atoms with E-state index in [0.29, 0.717) is 24.1 Å². The second-order valence-electron chi connectivity index (χ2n) is 12.0. The summed E-state index contributed by atoms with van der Waals surface area (Å²) in [6, 6.07) is 12.6. The molecule has 16 N–H and O–H groups in total. The van der Waals surface area contributed by atoms with Crippen LogP contribution in [-0.4, -0.2) is 82.6 Å². The predicted molar refractivity (Wildman–Crippen MR) is 196 cm³/mol. The summed E-state index contributed by atoms with van der Waals surface area (Å²) in [7, 11) is 0. The summed E-state index contributed by atoms with van der Waals surface area (Å²) in [6.45, 7) is 0.687. The number of rotatable bonds is 21. The molecule has 1 heterocycles. The summed E-state index contributed by atoms with van der Waals surface area (Å²) in [5, 5.41) is 38.8. The van der Waals surface area contributed by atoms with Crippen molar-refractivity contribution in [2.24, 2.45) is 17.2 Å². The van der Waals surface area contributed by atoms with Gasteiger partial charge in [0.25, 0.3) is 0 Å². The smallest absolute Gasteiger partial charge is 0.243 e. The van der Waals surface area contributed by atoms with Crippen LogP contribution in [0.15, 0.2) is 67.1 Å². The van der Waals surface area contributed by atoms with Crippen molar-refractivity contribution < 1.29 is 19.2 Å². The number of amides is 4. The maximum atomic E-state index is 13.9. The van der Waals surface area contributed by atoms with Gasteiger partial charge in [-0.25, -0.2) is 4.98 Å². The van der Waals surface area contributed by atoms with Gasteiger partial charge in [0, 0.05) is 43.5 Å². The van der Waals surface area contributed by atoms with E-state index in [1.807, 2.05) is 6.07 Å². The second-order valence-corrected chi connectivity index (χ2v) is 12.0. The highest BCUT2D eigenvalue weighted by molar-refractivity contribution is 5.95. The molecule has 1 aromatic heterocycles. The van der Waals surface area contributed by atoms with Crippen molar-refractivity contribution >= 4 is 41.4 Å². The molecule has 52 heavy (non-hydrogen) atoms. The van der Waals surface area contributed by atoms with Gasteiger partial charge in [0.1, 0.15) is 24.0 Å². The quantitative estimate of drug-likeness (QED) is 0.0354. The third kappa shape index (κ3) is 14.6. The topological polar surface area (TPSA) is 319 Å². The number of aromatic nitrogens is 2. The fraction of sp³-hybridized carbons (Fsp3) is 0.353. The van der Waals surface area contributed by atoms with Gasteiger partial charge in [0.05, 0.1) is 12.7 Å². The van der Waals surface area contributed by atoms with Crippen LogP contribution >= 0.6 is 0 Å². The Morgan fingerprint density at radius 2 is 1.27 bits per heavy atom. The lowest BCUT2D eigenvalue weighted by atomic mass is 10.1. The molecule has 0 saturated heterocycles. The first-order valence-corrected chi connectivity index (χ1v) is 16.7. The Labute approximate surface area is 301 Å². The summed E-state index contributed by atoms with van der Waals surface area (Å²) >= 11 is 0. The summed E-state index contributed by atoms with van der Waals surface area (Å²) < 4.78 is 0. The van der Waals surface area contributed by atoms with Crippen LogP contribution < -0.4 is 49.1 Å². The third-order valence-electron chi connectivity index (χ3n) is 7.81. The summed E-state index contributed by atoms with van der Waals surface area (Å²) in [4.78, 5) is 61.0. The SMILES string of the molecule is N=C(N)NCCC[C@H](NC(=O)Cc1ccccc1)C(=O)NC(Cc1cnc[nH]1)C(=O)N[C@@H](CCCNC(=N)N)C(=O)NCc1ccc(C(=N)N)cc1. The minimum absolute atomic E-state index is 0.00310. The summed E-state index contributed by atoms with van der Waals surface area (Å²) in [6.07, 6.45) is 4.05. The molecule has 0 radical (unpaired) electrons. The molecule has 4 amide bonds. The van der Waals surface area contributed by atoms with Gasteiger partial charge in [-0.15, -0.1) is 0 Å². The van der Waals surface area contributed by atoms with Crippen LogP contribution in [0.2, 0.25) is 0 Å². The summed E-state index contributed by atoms with van der Waals surface area (Å²) in [5.41, 5.74) is 18.9. The lowest BCUT2D eigenvalue weighted by Gasteiger charge is -2.25. The van der Waals surface area contributed by atoms with E-state index in [0.717, 1.165) is 11.1 Å². The van der Waals surface area contributed by atoms with Crippen LogP contribution in [0.1, 0.15) is 48.1 Å². The van der Waals surface area contributed by atoms with Crippen molar-refractivity contribution in [2.45, 2.75) is 63.2 Å². The molecule has 0 aliphatic carbocycles. The first-order chi connectivity index (χ1) is 24.9. The zero-order chi connectivity index (χ0) is 37.9. The molecule has 3 aromatic rings. The monoisotopic (exact) mass is 716 g/mol. The van der Waals surface area contributed by atoms with Gasteiger partial charge < -0.3 is 54.1 Å². The predicted octanol–water partition coefficient (Wildman–Crippen LogP) is -1.22. The number of imidazole rings is 1. The number of hydrogen-bond acceptors (Lipinski definition) is 8. The Morgan fingerprint density at radius 1 is 0.692 bits per heavy atom. The number of nitrogens with two attached hydrogens (primary N) is 3. The minimum atomic E-state index is -1.18. The number of carbonyl (C=O) groups excluding carboxylic acids is 4. The van der Waals surface area contributed by atoms with Crippen LogP contribution in [0, 0.1) is 16.2 Å². The van der Waals surface area contributed by atoms with Gasteiger partial charge >= 0.3 is 0 Å². The number of H-pyrrole nitrogens is 1. The Balaban J connectivity index is 1.77. The van der Waals surface area contributed by atoms with Crippen LogP contribution in [-0.2, 0) is 38.6 Å². The first-order valence-electron chi connectivity index (χ1n) is 16.7. The van der Waals surface area contributed by atoms with Crippen molar-refractivity contribution in [1.82, 2.24) is 41.9 Å². The number of hydrogen-bond donors (Lipinski definition) is 13. The average molecular weight is 717 g/mol. The highest BCUT2D eigenvalue weighted by Gasteiger charge is 2.30. The van der Waals surface area contributed by atoms with E-state index in [4.69, 9.17) is 33.4 Å². The Bertz CT molecular complexity index is 1650. The molecule has 3 rings (SSSR count). The molecule has 0 fully saturated rings. The molecular weight excluding hydrogens is 668 g/mol. The number of benzene rings is 2. The highest BCUT2D eigenvalue weighted by atomic mass is 16.2. The molecule has 0 spiro atoms. The van der Waals surface area contributed by atoms with Gasteiger partial charge in [-0.2, -0.15) is 0 Å². The van der Waals surface area contributed by atoms with E-state index in [9.17, 15) is 19.2 Å². The van der Waals surface area contributed by atoms with Crippen molar-refractivity contribution in [3.8, 4) is 0 Å². The molecule has 18 nitrogen and oxygen atoms in total. The van der Waals surface area contributed by atoms with Gasteiger partial charge in [-0.3, -0.25) is 35.4 Å². The molecule has 0 aliphatic heterocycles. The lowest BCUT2D eigenvalue weighted by Crippen LogP contribution is -2.57. The first kappa shape index (κ1) is 40.0. The highest BCUT2D eigenvalue weighted by Crippen LogP contribution is 2.08. The number of nitrogens with one attached hydrogen (secondary N) is 10. The summed E-state index contributed by atoms with van der Waals surface area (Å²) in [5.74, 6) is -2.70. The second kappa shape index (κ2) is 20.9. The fourth-order valence-corrected chi connectivity index (χ4v) is 5.11. The van der Waals surface area contributed by atoms with Gasteiger partial charge in [0.2, 0.25) is 23.6 Å². The maximum Gasteiger partial charge on any atom is 0.243 e. The normalized spacial score (nSPS) is 12.3. The largest absolute Gasteiger partial charge is 0.384 e. The van der Waals surface area contributed by atoms with E-state index < -0.39 is 41.8 Å². The molecule has 0 aliphatic rings. The molecule has 0 saturated carbocycles. The molecule has 0 bridgehead atoms.